The van der Waals surface area contributed by atoms with Crippen molar-refractivity contribution < 1.29 is 14.6 Å². The highest BCUT2D eigenvalue weighted by molar-refractivity contribution is 5.82. The Labute approximate surface area is 99.2 Å². The van der Waals surface area contributed by atoms with Crippen LogP contribution in [0.5, 0.6) is 0 Å². The Kier molecular flexibility index (Phi) is 10.8. The molecular formula is C13H26O3. The minimum atomic E-state index is -0.777. The quantitative estimate of drug-likeness (QED) is 0.555. The van der Waals surface area contributed by atoms with Gasteiger partial charge in [-0.15, -0.1) is 0 Å². The molecule has 0 amide bonds. The lowest BCUT2D eigenvalue weighted by Gasteiger charge is -2.08. The molecule has 16 heavy (non-hydrogen) atoms. The molecule has 0 aliphatic heterocycles. The summed E-state index contributed by atoms with van der Waals surface area (Å²) in [5, 5.41) is 9.54. The summed E-state index contributed by atoms with van der Waals surface area (Å²) in [6.07, 6.45) is 6.70. The van der Waals surface area contributed by atoms with Crippen molar-refractivity contribution in [2.75, 3.05) is 13.7 Å². The van der Waals surface area contributed by atoms with Gasteiger partial charge in [-0.2, -0.15) is 0 Å². The average molecular weight is 230 g/mol. The second-order valence-electron chi connectivity index (χ2n) is 4.28. The maximum Gasteiger partial charge on any atom is 0.161 e. The Hall–Kier alpha value is -0.410. The van der Waals surface area contributed by atoms with Crippen molar-refractivity contribution in [1.82, 2.24) is 0 Å². The zero-order chi connectivity index (χ0) is 12.2. The molecule has 0 aromatic rings. The SMILES string of the molecule is CCCCCCCC(=O)C(O)CCCOC. The first-order valence-electron chi connectivity index (χ1n) is 6.42. The predicted molar refractivity (Wildman–Crippen MR) is 65.5 cm³/mol. The molecule has 3 nitrogen and oxygen atoms in total. The third kappa shape index (κ3) is 8.86. The number of carbonyl (C=O) groups is 1. The van der Waals surface area contributed by atoms with Crippen molar-refractivity contribution in [2.24, 2.45) is 0 Å². The molecule has 3 heteroatoms. The number of unbranched alkanes of at least 4 members (excludes halogenated alkanes) is 4. The van der Waals surface area contributed by atoms with Gasteiger partial charge in [0.1, 0.15) is 6.10 Å². The molecular weight excluding hydrogens is 204 g/mol. The number of carbonyl (C=O) groups excluding carboxylic acids is 1. The van der Waals surface area contributed by atoms with Crippen LogP contribution in [0.25, 0.3) is 0 Å². The van der Waals surface area contributed by atoms with E-state index < -0.39 is 6.10 Å². The van der Waals surface area contributed by atoms with Crippen molar-refractivity contribution in [2.45, 2.75) is 64.4 Å². The van der Waals surface area contributed by atoms with E-state index in [-0.39, 0.29) is 5.78 Å². The summed E-state index contributed by atoms with van der Waals surface area (Å²) in [6, 6.07) is 0. The minimum absolute atomic E-state index is 0.00685. The molecule has 1 unspecified atom stereocenters. The Morgan fingerprint density at radius 2 is 1.88 bits per heavy atom. The Morgan fingerprint density at radius 1 is 1.19 bits per heavy atom. The van der Waals surface area contributed by atoms with Crippen LogP contribution in [0.3, 0.4) is 0 Å². The molecule has 96 valence electrons. The molecule has 0 radical (unpaired) electrons. The van der Waals surface area contributed by atoms with Gasteiger partial charge in [0, 0.05) is 20.1 Å². The van der Waals surface area contributed by atoms with Gasteiger partial charge in [-0.05, 0) is 19.3 Å². The molecule has 0 aromatic heterocycles. The Morgan fingerprint density at radius 3 is 2.50 bits per heavy atom. The lowest BCUT2D eigenvalue weighted by Crippen LogP contribution is -2.20. The standard InChI is InChI=1S/C13H26O3/c1-3-4-5-6-7-9-12(14)13(15)10-8-11-16-2/h13,15H,3-11H2,1-2H3. The summed E-state index contributed by atoms with van der Waals surface area (Å²) in [5.74, 6) is -0.00685. The van der Waals surface area contributed by atoms with Crippen molar-refractivity contribution >= 4 is 5.78 Å². The smallest absolute Gasteiger partial charge is 0.161 e. The van der Waals surface area contributed by atoms with E-state index in [0.717, 1.165) is 19.3 Å². The molecule has 0 bridgehead atoms. The molecule has 0 aliphatic rings. The summed E-state index contributed by atoms with van der Waals surface area (Å²) >= 11 is 0. The van der Waals surface area contributed by atoms with Gasteiger partial charge in [0.25, 0.3) is 0 Å². The molecule has 0 heterocycles. The highest BCUT2D eigenvalue weighted by atomic mass is 16.5. The van der Waals surface area contributed by atoms with E-state index in [1.165, 1.54) is 19.3 Å². The number of ketones is 1. The van der Waals surface area contributed by atoms with Crippen LogP contribution >= 0.6 is 0 Å². The number of hydrogen-bond donors (Lipinski definition) is 1. The topological polar surface area (TPSA) is 46.5 Å². The van der Waals surface area contributed by atoms with Gasteiger partial charge in [-0.1, -0.05) is 32.6 Å². The maximum absolute atomic E-state index is 11.5. The lowest BCUT2D eigenvalue weighted by atomic mass is 10.0. The largest absolute Gasteiger partial charge is 0.385 e. The van der Waals surface area contributed by atoms with Crippen LogP contribution in [0.1, 0.15) is 58.3 Å². The van der Waals surface area contributed by atoms with E-state index in [4.69, 9.17) is 4.74 Å². The summed E-state index contributed by atoms with van der Waals surface area (Å²) in [5.41, 5.74) is 0. The van der Waals surface area contributed by atoms with E-state index in [1.807, 2.05) is 0 Å². The van der Waals surface area contributed by atoms with Crippen molar-refractivity contribution in [3.63, 3.8) is 0 Å². The third-order valence-electron chi connectivity index (χ3n) is 2.72. The first-order valence-corrected chi connectivity index (χ1v) is 6.42. The van der Waals surface area contributed by atoms with Crippen LogP contribution < -0.4 is 0 Å². The van der Waals surface area contributed by atoms with Crippen LogP contribution in [0.2, 0.25) is 0 Å². The summed E-state index contributed by atoms with van der Waals surface area (Å²) < 4.78 is 4.87. The van der Waals surface area contributed by atoms with Gasteiger partial charge >= 0.3 is 0 Å². The Bertz CT molecular complexity index is 169. The van der Waals surface area contributed by atoms with Gasteiger partial charge in [0.05, 0.1) is 0 Å². The fraction of sp³-hybridized carbons (Fsp3) is 0.923. The van der Waals surface area contributed by atoms with Crippen LogP contribution in [0, 0.1) is 0 Å². The number of rotatable bonds is 11. The summed E-state index contributed by atoms with van der Waals surface area (Å²) in [6.45, 7) is 2.78. The number of aliphatic hydroxyl groups excluding tert-OH is 1. The van der Waals surface area contributed by atoms with Crippen molar-refractivity contribution in [3.05, 3.63) is 0 Å². The van der Waals surface area contributed by atoms with Crippen molar-refractivity contribution in [1.29, 1.82) is 0 Å². The minimum Gasteiger partial charge on any atom is -0.385 e. The number of Topliss-reactive ketones (excluding diaryl/α,β-unsaturated/α-hetero) is 1. The molecule has 0 fully saturated rings. The van der Waals surface area contributed by atoms with Crippen LogP contribution in [-0.2, 0) is 9.53 Å². The van der Waals surface area contributed by atoms with E-state index in [2.05, 4.69) is 6.92 Å². The van der Waals surface area contributed by atoms with Crippen LogP contribution in [-0.4, -0.2) is 30.7 Å². The number of hydrogen-bond acceptors (Lipinski definition) is 3. The third-order valence-corrected chi connectivity index (χ3v) is 2.72. The van der Waals surface area contributed by atoms with Gasteiger partial charge in [0.2, 0.25) is 0 Å². The molecule has 0 saturated carbocycles. The van der Waals surface area contributed by atoms with Crippen LogP contribution in [0.4, 0.5) is 0 Å². The highest BCUT2D eigenvalue weighted by Crippen LogP contribution is 2.08. The Balaban J connectivity index is 3.40. The zero-order valence-electron chi connectivity index (χ0n) is 10.7. The number of methoxy groups -OCH3 is 1. The van der Waals surface area contributed by atoms with Crippen molar-refractivity contribution in [3.8, 4) is 0 Å². The molecule has 0 saturated heterocycles. The van der Waals surface area contributed by atoms with E-state index in [0.29, 0.717) is 19.4 Å². The first-order chi connectivity index (χ1) is 7.72. The molecule has 1 N–H and O–H groups in total. The molecule has 0 spiro atoms. The monoisotopic (exact) mass is 230 g/mol. The first kappa shape index (κ1) is 15.6. The van der Waals surface area contributed by atoms with E-state index >= 15 is 0 Å². The van der Waals surface area contributed by atoms with E-state index in [9.17, 15) is 9.90 Å². The maximum atomic E-state index is 11.5. The summed E-state index contributed by atoms with van der Waals surface area (Å²) in [4.78, 5) is 11.5. The van der Waals surface area contributed by atoms with Gasteiger partial charge in [-0.25, -0.2) is 0 Å². The van der Waals surface area contributed by atoms with Gasteiger partial charge in [-0.3, -0.25) is 4.79 Å². The van der Waals surface area contributed by atoms with Gasteiger partial charge in [0.15, 0.2) is 5.78 Å². The fourth-order valence-electron chi connectivity index (χ4n) is 1.65. The number of ether oxygens (including phenoxy) is 1. The van der Waals surface area contributed by atoms with Crippen LogP contribution in [0.15, 0.2) is 0 Å². The molecule has 0 aliphatic carbocycles. The van der Waals surface area contributed by atoms with E-state index in [1.54, 1.807) is 7.11 Å². The second-order valence-corrected chi connectivity index (χ2v) is 4.28. The number of aliphatic hydroxyl groups is 1. The lowest BCUT2D eigenvalue weighted by molar-refractivity contribution is -0.127. The second kappa shape index (κ2) is 11.1. The molecule has 0 rings (SSSR count). The predicted octanol–water partition coefficient (Wildman–Crippen LogP) is 2.70. The average Bonchev–Trinajstić information content (AvgIpc) is 2.28. The normalized spacial score (nSPS) is 12.7. The summed E-state index contributed by atoms with van der Waals surface area (Å²) in [7, 11) is 1.63. The molecule has 0 aromatic carbocycles. The zero-order valence-corrected chi connectivity index (χ0v) is 10.7. The molecule has 1 atom stereocenters. The highest BCUT2D eigenvalue weighted by Gasteiger charge is 2.13. The fourth-order valence-corrected chi connectivity index (χ4v) is 1.65. The van der Waals surface area contributed by atoms with Gasteiger partial charge < -0.3 is 9.84 Å².